The van der Waals surface area contributed by atoms with Crippen molar-refractivity contribution in [3.05, 3.63) is 265 Å². The minimum Gasteiger partial charge on any atom is -0.341 e. The third kappa shape index (κ3) is 6.51. The lowest BCUT2D eigenvalue weighted by Crippen LogP contribution is -2.24. The summed E-state index contributed by atoms with van der Waals surface area (Å²) >= 11 is 0. The third-order valence-corrected chi connectivity index (χ3v) is 18.5. The van der Waals surface area contributed by atoms with E-state index in [1.807, 2.05) is 0 Å². The second kappa shape index (κ2) is 16.9. The topological polar surface area (TPSA) is 13.0 Å². The molecule has 0 atom stereocenters. The summed E-state index contributed by atoms with van der Waals surface area (Å²) in [7, 11) is 4.37. The quantitative estimate of drug-likeness (QED) is 0.159. The molecule has 12 aromatic rings. The fourth-order valence-electron chi connectivity index (χ4n) is 14.5. The predicted molar refractivity (Wildman–Crippen MR) is 338 cm³/mol. The fraction of sp³-hybridized carbons (Fsp3) is 0.105. The fourth-order valence-corrected chi connectivity index (χ4v) is 14.5. The molecule has 2 heterocycles. The third-order valence-electron chi connectivity index (χ3n) is 18.5. The predicted octanol–water partition coefficient (Wildman–Crippen LogP) is 20.7. The van der Waals surface area contributed by atoms with Crippen molar-refractivity contribution in [3.63, 3.8) is 0 Å². The van der Waals surface area contributed by atoms with Gasteiger partial charge in [0.25, 0.3) is 0 Å². The van der Waals surface area contributed by atoms with Gasteiger partial charge in [-0.05, 0) is 190 Å². The van der Waals surface area contributed by atoms with E-state index in [4.69, 9.17) is 0 Å². The Labute approximate surface area is 468 Å². The highest BCUT2D eigenvalue weighted by Gasteiger charge is 2.38. The van der Waals surface area contributed by atoms with Gasteiger partial charge in [0.15, 0.2) is 0 Å². The summed E-state index contributed by atoms with van der Waals surface area (Å²) in [6, 6.07) is 91.6. The van der Waals surface area contributed by atoms with Crippen molar-refractivity contribution < 1.29 is 0 Å². The number of fused-ring (bicyclic) bond motifs is 12. The van der Waals surface area contributed by atoms with Gasteiger partial charge in [0.2, 0.25) is 0 Å². The van der Waals surface area contributed by atoms with Gasteiger partial charge in [-0.25, -0.2) is 0 Å². The van der Waals surface area contributed by atoms with Gasteiger partial charge in [0.1, 0.15) is 0 Å². The Kier molecular flexibility index (Phi) is 9.83. The SMILES string of the molecule is CN1c2ccccc2N(c2ccc3c(-c4ccc5c(c4)C(C)(C)c4ccccc4-5)c4cc(N5c6ccccc6N(C)c6ccccc65)ccc4c(-c4cccc(-c5ccc6c(c5)C(C)(C)c5ccccc5-6)c4)c3c2)c2ccccc21. The van der Waals surface area contributed by atoms with Gasteiger partial charge in [-0.15, -0.1) is 0 Å². The molecule has 0 saturated heterocycles. The van der Waals surface area contributed by atoms with Gasteiger partial charge in [-0.1, -0.05) is 179 Å². The molecule has 4 nitrogen and oxygen atoms in total. The van der Waals surface area contributed by atoms with Crippen LogP contribution in [0.15, 0.2) is 243 Å². The summed E-state index contributed by atoms with van der Waals surface area (Å²) in [5, 5.41) is 4.82. The molecule has 4 heteroatoms. The molecular formula is C76H58N4. The molecule has 0 amide bonds. The number of hydrogen-bond donors (Lipinski definition) is 0. The molecule has 0 spiro atoms. The maximum Gasteiger partial charge on any atom is 0.0699 e. The van der Waals surface area contributed by atoms with E-state index < -0.39 is 0 Å². The first-order valence-electron chi connectivity index (χ1n) is 28.1. The maximum atomic E-state index is 2.52. The number of nitrogens with zero attached hydrogens (tertiary/aromatic N) is 4. The zero-order valence-corrected chi connectivity index (χ0v) is 45.9. The largest absolute Gasteiger partial charge is 0.341 e. The number of benzene rings is 12. The zero-order chi connectivity index (χ0) is 53.8. The smallest absolute Gasteiger partial charge is 0.0699 e. The lowest BCUT2D eigenvalue weighted by atomic mass is 9.80. The van der Waals surface area contributed by atoms with Crippen LogP contribution in [0.25, 0.3) is 77.2 Å². The summed E-state index contributed by atoms with van der Waals surface area (Å²) in [6.07, 6.45) is 0. The summed E-state index contributed by atoms with van der Waals surface area (Å²) in [6.45, 7) is 9.54. The van der Waals surface area contributed by atoms with Gasteiger partial charge in [-0.3, -0.25) is 0 Å². The van der Waals surface area contributed by atoms with E-state index >= 15 is 0 Å². The normalized spacial score (nSPS) is 14.7. The van der Waals surface area contributed by atoms with Crippen LogP contribution in [-0.2, 0) is 10.8 Å². The average molecular weight is 1030 g/mol. The molecule has 0 fully saturated rings. The molecule has 2 aliphatic carbocycles. The Balaban J connectivity index is 0.994. The van der Waals surface area contributed by atoms with Crippen molar-refractivity contribution in [2.75, 3.05) is 33.7 Å². The van der Waals surface area contributed by atoms with Crippen LogP contribution in [-0.4, -0.2) is 14.1 Å². The molecule has 382 valence electrons. The highest BCUT2D eigenvalue weighted by atomic mass is 15.3. The molecule has 80 heavy (non-hydrogen) atoms. The number of para-hydroxylation sites is 8. The number of hydrogen-bond acceptors (Lipinski definition) is 4. The van der Waals surface area contributed by atoms with Gasteiger partial charge < -0.3 is 19.6 Å². The van der Waals surface area contributed by atoms with Crippen LogP contribution in [0.5, 0.6) is 0 Å². The van der Waals surface area contributed by atoms with E-state index in [0.717, 1.165) is 34.1 Å². The van der Waals surface area contributed by atoms with Crippen LogP contribution in [0.2, 0.25) is 0 Å². The summed E-state index contributed by atoms with van der Waals surface area (Å²) in [5.41, 5.74) is 29.3. The lowest BCUT2D eigenvalue weighted by molar-refractivity contribution is 0.660. The Morgan fingerprint density at radius 1 is 0.250 bits per heavy atom. The van der Waals surface area contributed by atoms with Crippen LogP contribution in [0.4, 0.5) is 56.9 Å². The van der Waals surface area contributed by atoms with Crippen molar-refractivity contribution in [1.29, 1.82) is 0 Å². The van der Waals surface area contributed by atoms with Crippen molar-refractivity contribution >= 4 is 78.4 Å². The van der Waals surface area contributed by atoms with Crippen molar-refractivity contribution in [3.8, 4) is 55.6 Å². The molecule has 16 rings (SSSR count). The molecule has 0 radical (unpaired) electrons. The molecule has 4 aliphatic rings. The van der Waals surface area contributed by atoms with Crippen LogP contribution in [0.3, 0.4) is 0 Å². The summed E-state index contributed by atoms with van der Waals surface area (Å²) in [4.78, 5) is 9.59. The van der Waals surface area contributed by atoms with Gasteiger partial charge >= 0.3 is 0 Å². The van der Waals surface area contributed by atoms with Crippen LogP contribution in [0.1, 0.15) is 49.9 Å². The molecule has 0 bridgehead atoms. The monoisotopic (exact) mass is 1030 g/mol. The van der Waals surface area contributed by atoms with E-state index in [2.05, 4.69) is 304 Å². The molecule has 0 N–H and O–H groups in total. The van der Waals surface area contributed by atoms with Gasteiger partial charge in [-0.2, -0.15) is 0 Å². The lowest BCUT2D eigenvalue weighted by Gasteiger charge is -2.39. The van der Waals surface area contributed by atoms with Gasteiger partial charge in [0, 0.05) is 36.3 Å². The Bertz CT molecular complexity index is 4520. The van der Waals surface area contributed by atoms with Crippen LogP contribution < -0.4 is 19.6 Å². The van der Waals surface area contributed by atoms with Crippen molar-refractivity contribution in [2.45, 2.75) is 38.5 Å². The van der Waals surface area contributed by atoms with E-state index in [9.17, 15) is 0 Å². The Morgan fingerprint density at radius 2 is 0.588 bits per heavy atom. The first kappa shape index (κ1) is 46.5. The standard InChI is InChI=1S/C76H58N4/c1-75(2)61-24-9-7-22-53(61)55-38-34-48(43-63(55)75)47-20-19-21-49(42-47)73-57-40-36-52(80-71-32-17-13-28-67(71)78(6)68-29-14-18-33-72(68)80)46-60(57)74(50-35-39-56-54-23-8-10-25-62(54)76(3,4)64(56)44-50)58-41-37-51(45-59(58)73)79-69-30-15-11-26-65(69)77(5)66-27-12-16-31-70(66)79/h7-46H,1-6H3. The second-order valence-corrected chi connectivity index (χ2v) is 23.4. The average Bonchev–Trinajstić information content (AvgIpc) is 3.94. The van der Waals surface area contributed by atoms with E-state index in [0.29, 0.717) is 0 Å². The van der Waals surface area contributed by atoms with Crippen molar-refractivity contribution in [2.24, 2.45) is 0 Å². The Morgan fingerprint density at radius 3 is 1.04 bits per heavy atom. The minimum absolute atomic E-state index is 0.114. The highest BCUT2D eigenvalue weighted by Crippen LogP contribution is 2.57. The molecule has 12 aromatic carbocycles. The van der Waals surface area contributed by atoms with E-state index in [1.165, 1.54) is 122 Å². The first-order chi connectivity index (χ1) is 39.0. The van der Waals surface area contributed by atoms with E-state index in [-0.39, 0.29) is 10.8 Å². The number of anilines is 10. The first-order valence-corrected chi connectivity index (χ1v) is 28.1. The number of rotatable bonds is 5. The molecule has 0 saturated carbocycles. The minimum atomic E-state index is -0.183. The Hall–Kier alpha value is -9.64. The summed E-state index contributed by atoms with van der Waals surface area (Å²) < 4.78 is 0. The molecular weight excluding hydrogens is 969 g/mol. The highest BCUT2D eigenvalue weighted by molar-refractivity contribution is 6.23. The molecule has 0 unspecified atom stereocenters. The second-order valence-electron chi connectivity index (χ2n) is 23.4. The summed E-state index contributed by atoms with van der Waals surface area (Å²) in [5.74, 6) is 0. The maximum absolute atomic E-state index is 2.52. The zero-order valence-electron chi connectivity index (χ0n) is 45.9. The van der Waals surface area contributed by atoms with Crippen LogP contribution >= 0.6 is 0 Å². The molecule has 2 aliphatic heterocycles. The van der Waals surface area contributed by atoms with E-state index in [1.54, 1.807) is 0 Å². The van der Waals surface area contributed by atoms with Crippen molar-refractivity contribution in [1.82, 2.24) is 0 Å². The molecule has 0 aromatic heterocycles. The van der Waals surface area contributed by atoms with Crippen LogP contribution in [0, 0.1) is 0 Å². The van der Waals surface area contributed by atoms with Gasteiger partial charge in [0.05, 0.1) is 45.5 Å².